The molecule has 2 bridgehead atoms. The molecule has 0 unspecified atom stereocenters. The average Bonchev–Trinajstić information content (AvgIpc) is 2.15. The van der Waals surface area contributed by atoms with Gasteiger partial charge in [0.05, 0.1) is 5.60 Å². The molecule has 4 aliphatic carbocycles. The van der Waals surface area contributed by atoms with Crippen LogP contribution in [0.5, 0.6) is 0 Å². The number of rotatable bonds is 1. The van der Waals surface area contributed by atoms with E-state index in [-0.39, 0.29) is 5.60 Å². The van der Waals surface area contributed by atoms with Gasteiger partial charge in [-0.3, -0.25) is 0 Å². The monoisotopic (exact) mass is 222 g/mol. The molecule has 0 aromatic rings. The Balaban J connectivity index is 1.78. The van der Waals surface area contributed by atoms with Crippen molar-refractivity contribution in [2.24, 2.45) is 28.6 Å². The molecule has 92 valence electrons. The maximum Gasteiger partial charge on any atom is 0.0681 e. The van der Waals surface area contributed by atoms with E-state index in [0.717, 1.165) is 24.7 Å². The van der Waals surface area contributed by atoms with Crippen molar-refractivity contribution < 1.29 is 5.11 Å². The lowest BCUT2D eigenvalue weighted by Crippen LogP contribution is -2.67. The smallest absolute Gasteiger partial charge is 0.0681 e. The van der Waals surface area contributed by atoms with E-state index < -0.39 is 0 Å². The number of aliphatic hydroxyl groups is 1. The summed E-state index contributed by atoms with van der Waals surface area (Å²) in [5.74, 6) is 2.31. The maximum absolute atomic E-state index is 10.5. The Morgan fingerprint density at radius 2 is 1.81 bits per heavy atom. The summed E-state index contributed by atoms with van der Waals surface area (Å²) in [4.78, 5) is 0. The Kier molecular flexibility index (Phi) is 1.98. The van der Waals surface area contributed by atoms with E-state index >= 15 is 0 Å². The van der Waals surface area contributed by atoms with E-state index in [0.29, 0.717) is 16.7 Å². The van der Waals surface area contributed by atoms with Gasteiger partial charge in [-0.1, -0.05) is 27.7 Å². The molecule has 0 saturated heterocycles. The van der Waals surface area contributed by atoms with Gasteiger partial charge in [0.25, 0.3) is 0 Å². The highest BCUT2D eigenvalue weighted by molar-refractivity contribution is 5.17. The number of fused-ring (bicyclic) bond motifs is 1. The minimum absolute atomic E-state index is 0.335. The summed E-state index contributed by atoms with van der Waals surface area (Å²) in [6, 6.07) is 0. The summed E-state index contributed by atoms with van der Waals surface area (Å²) in [5, 5.41) is 10.5. The lowest BCUT2D eigenvalue weighted by atomic mass is 9.34. The largest absolute Gasteiger partial charge is 0.390 e. The van der Waals surface area contributed by atoms with Crippen LogP contribution in [0, 0.1) is 28.6 Å². The lowest BCUT2D eigenvalue weighted by molar-refractivity contribution is -0.261. The second-order valence-corrected chi connectivity index (χ2v) is 7.82. The maximum atomic E-state index is 10.5. The van der Waals surface area contributed by atoms with Gasteiger partial charge in [-0.2, -0.15) is 0 Å². The van der Waals surface area contributed by atoms with Crippen LogP contribution >= 0.6 is 0 Å². The molecule has 1 spiro atoms. The van der Waals surface area contributed by atoms with E-state index in [4.69, 9.17) is 0 Å². The van der Waals surface area contributed by atoms with Crippen molar-refractivity contribution in [1.29, 1.82) is 0 Å². The Bertz CT molecular complexity index is 307. The van der Waals surface area contributed by atoms with Gasteiger partial charge < -0.3 is 5.11 Å². The molecule has 1 nitrogen and oxygen atoms in total. The van der Waals surface area contributed by atoms with Crippen LogP contribution < -0.4 is 0 Å². The minimum Gasteiger partial charge on any atom is -0.390 e. The summed E-state index contributed by atoms with van der Waals surface area (Å²) in [6.45, 7) is 9.26. The zero-order valence-electron chi connectivity index (χ0n) is 11.2. The van der Waals surface area contributed by atoms with E-state index in [1.807, 2.05) is 0 Å². The first-order valence-corrected chi connectivity index (χ1v) is 7.03. The predicted molar refractivity (Wildman–Crippen MR) is 66.1 cm³/mol. The van der Waals surface area contributed by atoms with Gasteiger partial charge in [0.15, 0.2) is 0 Å². The first-order valence-electron chi connectivity index (χ1n) is 7.03. The highest BCUT2D eigenvalue weighted by Crippen LogP contribution is 2.73. The first-order chi connectivity index (χ1) is 7.30. The average molecular weight is 222 g/mol. The molecule has 0 aromatic carbocycles. The standard InChI is InChI=1S/C15H26O/c1-10(2)15(16)8-14(9-15)6-5-11-7-12(14)13(11,3)4/h10-12,16H,5-9H2,1-4H3/t11-,12+,14?,15?/m0/s1. The molecule has 4 rings (SSSR count). The topological polar surface area (TPSA) is 20.2 Å². The summed E-state index contributed by atoms with van der Waals surface area (Å²) in [6.07, 6.45) is 6.41. The number of hydrogen-bond acceptors (Lipinski definition) is 1. The zero-order valence-corrected chi connectivity index (χ0v) is 11.2. The predicted octanol–water partition coefficient (Wildman–Crippen LogP) is 3.61. The fraction of sp³-hybridized carbons (Fsp3) is 1.00. The summed E-state index contributed by atoms with van der Waals surface area (Å²) < 4.78 is 0. The second kappa shape index (κ2) is 2.85. The third-order valence-electron chi connectivity index (χ3n) is 6.59. The molecule has 1 heteroatoms. The van der Waals surface area contributed by atoms with Crippen molar-refractivity contribution in [1.82, 2.24) is 0 Å². The Hall–Kier alpha value is -0.0400. The van der Waals surface area contributed by atoms with Crippen LogP contribution in [0.3, 0.4) is 0 Å². The minimum atomic E-state index is -0.335. The van der Waals surface area contributed by atoms with Crippen molar-refractivity contribution >= 4 is 0 Å². The molecule has 0 amide bonds. The molecule has 0 radical (unpaired) electrons. The molecule has 4 saturated carbocycles. The van der Waals surface area contributed by atoms with Crippen LogP contribution in [0.15, 0.2) is 0 Å². The Morgan fingerprint density at radius 3 is 2.25 bits per heavy atom. The zero-order chi connectivity index (χ0) is 11.8. The van der Waals surface area contributed by atoms with E-state index in [9.17, 15) is 5.11 Å². The van der Waals surface area contributed by atoms with E-state index in [2.05, 4.69) is 27.7 Å². The fourth-order valence-corrected chi connectivity index (χ4v) is 5.18. The SMILES string of the molecule is CC(C)C1(O)CC2(CC[C@H]3C[C@@H]2C3(C)C)C1. The third kappa shape index (κ3) is 1.11. The molecule has 2 atom stereocenters. The van der Waals surface area contributed by atoms with Crippen molar-refractivity contribution in [3.63, 3.8) is 0 Å². The van der Waals surface area contributed by atoms with E-state index in [1.54, 1.807) is 0 Å². The van der Waals surface area contributed by atoms with Crippen LogP contribution in [-0.2, 0) is 0 Å². The van der Waals surface area contributed by atoms with Crippen molar-refractivity contribution in [2.75, 3.05) is 0 Å². The lowest BCUT2D eigenvalue weighted by Gasteiger charge is -2.72. The molecule has 0 aromatic heterocycles. The van der Waals surface area contributed by atoms with Crippen molar-refractivity contribution in [3.8, 4) is 0 Å². The first kappa shape index (κ1) is 11.1. The van der Waals surface area contributed by atoms with Crippen LogP contribution in [0.2, 0.25) is 0 Å². The van der Waals surface area contributed by atoms with Gasteiger partial charge in [-0.25, -0.2) is 0 Å². The molecule has 4 aliphatic rings. The molecular formula is C15H26O. The van der Waals surface area contributed by atoms with Gasteiger partial charge in [0, 0.05) is 0 Å². The molecule has 0 heterocycles. The summed E-state index contributed by atoms with van der Waals surface area (Å²) in [7, 11) is 0. The summed E-state index contributed by atoms with van der Waals surface area (Å²) >= 11 is 0. The highest BCUT2D eigenvalue weighted by Gasteiger charge is 2.68. The van der Waals surface area contributed by atoms with Crippen LogP contribution in [0.25, 0.3) is 0 Å². The molecule has 1 N–H and O–H groups in total. The third-order valence-corrected chi connectivity index (χ3v) is 6.59. The number of hydrogen-bond donors (Lipinski definition) is 1. The van der Waals surface area contributed by atoms with Crippen molar-refractivity contribution in [3.05, 3.63) is 0 Å². The normalized spacial score (nSPS) is 53.6. The molecule has 0 aliphatic heterocycles. The summed E-state index contributed by atoms with van der Waals surface area (Å²) in [5.41, 5.74) is 0.756. The van der Waals surface area contributed by atoms with Crippen molar-refractivity contribution in [2.45, 2.75) is 65.4 Å². The van der Waals surface area contributed by atoms with Gasteiger partial charge in [-0.05, 0) is 60.7 Å². The van der Waals surface area contributed by atoms with Gasteiger partial charge in [-0.15, -0.1) is 0 Å². The molecule has 16 heavy (non-hydrogen) atoms. The molecular weight excluding hydrogens is 196 g/mol. The Labute approximate surface area is 99.6 Å². The van der Waals surface area contributed by atoms with Crippen LogP contribution in [-0.4, -0.2) is 10.7 Å². The van der Waals surface area contributed by atoms with Gasteiger partial charge in [0.1, 0.15) is 0 Å². The van der Waals surface area contributed by atoms with Crippen LogP contribution in [0.1, 0.15) is 59.8 Å². The fourth-order valence-electron chi connectivity index (χ4n) is 5.18. The quantitative estimate of drug-likeness (QED) is 0.718. The Morgan fingerprint density at radius 1 is 1.19 bits per heavy atom. The molecule has 4 fully saturated rings. The second-order valence-electron chi connectivity index (χ2n) is 7.82. The van der Waals surface area contributed by atoms with Crippen LogP contribution in [0.4, 0.5) is 0 Å². The van der Waals surface area contributed by atoms with Gasteiger partial charge in [0.2, 0.25) is 0 Å². The van der Waals surface area contributed by atoms with E-state index in [1.165, 1.54) is 19.3 Å². The van der Waals surface area contributed by atoms with Gasteiger partial charge >= 0.3 is 0 Å². The highest BCUT2D eigenvalue weighted by atomic mass is 16.3.